The van der Waals surface area contributed by atoms with Gasteiger partial charge in [0.1, 0.15) is 12.1 Å². The molecular formula is C24H21F5N2O3S. The van der Waals surface area contributed by atoms with E-state index in [1.165, 1.54) is 36.8 Å². The Hall–Kier alpha value is -3.08. The lowest BCUT2D eigenvalue weighted by Gasteiger charge is -2.29. The molecule has 11 heteroatoms. The van der Waals surface area contributed by atoms with E-state index in [9.17, 15) is 30.4 Å². The van der Waals surface area contributed by atoms with Crippen LogP contribution in [0.5, 0.6) is 5.75 Å². The van der Waals surface area contributed by atoms with Crippen LogP contribution in [0.25, 0.3) is 0 Å². The summed E-state index contributed by atoms with van der Waals surface area (Å²) in [6, 6.07) is 9.06. The molecule has 1 atom stereocenters. The number of aromatic nitrogens is 2. The van der Waals surface area contributed by atoms with Gasteiger partial charge in [0.15, 0.2) is 9.84 Å². The van der Waals surface area contributed by atoms with E-state index in [0.29, 0.717) is 29.0 Å². The molecule has 2 heterocycles. The number of nitrogens with zero attached hydrogens (tertiary/aromatic N) is 2. The van der Waals surface area contributed by atoms with Gasteiger partial charge in [0.25, 0.3) is 0 Å². The van der Waals surface area contributed by atoms with E-state index in [1.54, 1.807) is 6.07 Å². The third-order valence-electron chi connectivity index (χ3n) is 5.84. The van der Waals surface area contributed by atoms with Gasteiger partial charge < -0.3 is 4.74 Å². The summed E-state index contributed by atoms with van der Waals surface area (Å²) >= 11 is 0. The van der Waals surface area contributed by atoms with Gasteiger partial charge in [-0.05, 0) is 54.3 Å². The first-order chi connectivity index (χ1) is 16.5. The SMILES string of the molecule is O=S(=O)(Cc1ccncn1)c1ccc2c(c1)OCC[C@@H]2c1ccc(C(F)(F)F)cc1CCC(F)F. The van der Waals surface area contributed by atoms with Crippen LogP contribution in [0.2, 0.25) is 0 Å². The molecule has 0 saturated carbocycles. The molecule has 186 valence electrons. The first kappa shape index (κ1) is 25.0. The topological polar surface area (TPSA) is 69.2 Å². The lowest BCUT2D eigenvalue weighted by Crippen LogP contribution is -2.18. The maximum atomic E-state index is 13.3. The molecule has 0 fully saturated rings. The van der Waals surface area contributed by atoms with Gasteiger partial charge in [-0.1, -0.05) is 12.1 Å². The van der Waals surface area contributed by atoms with E-state index in [2.05, 4.69) is 9.97 Å². The van der Waals surface area contributed by atoms with Crippen molar-refractivity contribution in [3.8, 4) is 5.75 Å². The number of hydrogen-bond acceptors (Lipinski definition) is 5. The molecule has 35 heavy (non-hydrogen) atoms. The maximum absolute atomic E-state index is 13.3. The number of aryl methyl sites for hydroxylation is 1. The zero-order chi connectivity index (χ0) is 25.2. The van der Waals surface area contributed by atoms with Crippen molar-refractivity contribution >= 4 is 9.84 Å². The summed E-state index contributed by atoms with van der Waals surface area (Å²) < 4.78 is 97.0. The van der Waals surface area contributed by atoms with Crippen LogP contribution >= 0.6 is 0 Å². The van der Waals surface area contributed by atoms with Crippen molar-refractivity contribution in [2.45, 2.75) is 48.4 Å². The van der Waals surface area contributed by atoms with Gasteiger partial charge in [0.05, 0.1) is 28.5 Å². The Bertz CT molecular complexity index is 1300. The Balaban J connectivity index is 1.69. The van der Waals surface area contributed by atoms with Crippen LogP contribution in [0.15, 0.2) is 59.9 Å². The second-order valence-electron chi connectivity index (χ2n) is 8.19. The number of alkyl halides is 5. The average molecular weight is 513 g/mol. The fourth-order valence-corrected chi connectivity index (χ4v) is 5.46. The zero-order valence-corrected chi connectivity index (χ0v) is 19.1. The van der Waals surface area contributed by atoms with Crippen LogP contribution in [0.3, 0.4) is 0 Å². The Morgan fingerprint density at radius 1 is 1.06 bits per heavy atom. The van der Waals surface area contributed by atoms with E-state index in [1.807, 2.05) is 0 Å². The molecule has 0 bridgehead atoms. The number of fused-ring (bicyclic) bond motifs is 1. The van der Waals surface area contributed by atoms with E-state index in [-0.39, 0.29) is 29.2 Å². The van der Waals surface area contributed by atoms with Crippen LogP contribution in [-0.2, 0) is 28.2 Å². The maximum Gasteiger partial charge on any atom is 0.416 e. The standard InChI is InChI=1S/C24H21F5N2O3S/c25-23(26)6-1-15-11-16(24(27,28)29)2-4-19(15)20-8-10-34-22-12-18(3-5-21(20)22)35(32,33)13-17-7-9-30-14-31-17/h2-5,7,9,11-12,14,20,23H,1,6,8,10,13H2/t20-/m1/s1. The number of benzene rings is 2. The van der Waals surface area contributed by atoms with Crippen LogP contribution < -0.4 is 4.74 Å². The van der Waals surface area contributed by atoms with E-state index in [0.717, 1.165) is 12.1 Å². The minimum absolute atomic E-state index is 0.0147. The highest BCUT2D eigenvalue weighted by molar-refractivity contribution is 7.90. The molecule has 1 aliphatic rings. The Morgan fingerprint density at radius 3 is 2.51 bits per heavy atom. The third kappa shape index (κ3) is 5.77. The molecule has 3 aromatic rings. The van der Waals surface area contributed by atoms with Crippen molar-refractivity contribution in [1.29, 1.82) is 0 Å². The molecule has 0 amide bonds. The van der Waals surface area contributed by atoms with Crippen molar-refractivity contribution < 1.29 is 35.1 Å². The Kier molecular flexibility index (Phi) is 7.07. The highest BCUT2D eigenvalue weighted by Gasteiger charge is 2.33. The summed E-state index contributed by atoms with van der Waals surface area (Å²) in [6.07, 6.45) is -4.93. The molecule has 0 radical (unpaired) electrons. The number of sulfone groups is 1. The van der Waals surface area contributed by atoms with Gasteiger partial charge in [-0.25, -0.2) is 27.2 Å². The van der Waals surface area contributed by atoms with Crippen LogP contribution in [0.1, 0.15) is 46.7 Å². The van der Waals surface area contributed by atoms with Crippen molar-refractivity contribution in [3.63, 3.8) is 0 Å². The third-order valence-corrected chi connectivity index (χ3v) is 7.49. The van der Waals surface area contributed by atoms with Gasteiger partial charge >= 0.3 is 6.18 Å². The number of rotatable bonds is 7. The van der Waals surface area contributed by atoms with Crippen molar-refractivity contribution in [3.05, 3.63) is 82.9 Å². The molecule has 4 rings (SSSR count). The van der Waals surface area contributed by atoms with Gasteiger partial charge in [-0.15, -0.1) is 0 Å². The molecule has 0 N–H and O–H groups in total. The first-order valence-corrected chi connectivity index (χ1v) is 12.4. The van der Waals surface area contributed by atoms with Gasteiger partial charge in [0, 0.05) is 24.1 Å². The fourth-order valence-electron chi connectivity index (χ4n) is 4.17. The summed E-state index contributed by atoms with van der Waals surface area (Å²) in [4.78, 5) is 7.71. The number of halogens is 5. The zero-order valence-electron chi connectivity index (χ0n) is 18.3. The molecule has 5 nitrogen and oxygen atoms in total. The summed E-state index contributed by atoms with van der Waals surface area (Å²) in [5.74, 6) is -0.467. The monoisotopic (exact) mass is 512 g/mol. The van der Waals surface area contributed by atoms with E-state index >= 15 is 0 Å². The molecule has 1 aromatic heterocycles. The molecule has 1 aliphatic heterocycles. The average Bonchev–Trinajstić information content (AvgIpc) is 2.81. The molecular weight excluding hydrogens is 491 g/mol. The van der Waals surface area contributed by atoms with Gasteiger partial charge in [-0.3, -0.25) is 0 Å². The minimum atomic E-state index is -4.60. The molecule has 2 aromatic carbocycles. The number of hydrogen-bond donors (Lipinski definition) is 0. The minimum Gasteiger partial charge on any atom is -0.493 e. The normalized spacial score (nSPS) is 16.1. The second kappa shape index (κ2) is 9.88. The van der Waals surface area contributed by atoms with Crippen molar-refractivity contribution in [2.75, 3.05) is 6.61 Å². The van der Waals surface area contributed by atoms with E-state index in [4.69, 9.17) is 4.74 Å². The highest BCUT2D eigenvalue weighted by atomic mass is 32.2. The summed E-state index contributed by atoms with van der Waals surface area (Å²) in [7, 11) is -3.76. The number of ether oxygens (including phenoxy) is 1. The fraction of sp³-hybridized carbons (Fsp3) is 0.333. The molecule has 0 aliphatic carbocycles. The lowest BCUT2D eigenvalue weighted by molar-refractivity contribution is -0.137. The Morgan fingerprint density at radius 2 is 1.83 bits per heavy atom. The van der Waals surface area contributed by atoms with Crippen molar-refractivity contribution in [2.24, 2.45) is 0 Å². The summed E-state index contributed by atoms with van der Waals surface area (Å²) in [5.41, 5.74) is 0.711. The Labute approximate surface area is 198 Å². The first-order valence-electron chi connectivity index (χ1n) is 10.8. The largest absolute Gasteiger partial charge is 0.493 e. The van der Waals surface area contributed by atoms with Crippen LogP contribution in [0.4, 0.5) is 22.0 Å². The van der Waals surface area contributed by atoms with Crippen LogP contribution in [0, 0.1) is 0 Å². The highest BCUT2D eigenvalue weighted by Crippen LogP contribution is 2.42. The molecule has 0 unspecified atom stereocenters. The molecule has 0 saturated heterocycles. The smallest absolute Gasteiger partial charge is 0.416 e. The van der Waals surface area contributed by atoms with E-state index < -0.39 is 40.3 Å². The van der Waals surface area contributed by atoms with Crippen LogP contribution in [-0.4, -0.2) is 31.4 Å². The summed E-state index contributed by atoms with van der Waals surface area (Å²) in [5, 5.41) is 0. The summed E-state index contributed by atoms with van der Waals surface area (Å²) in [6.45, 7) is 0.197. The predicted octanol–water partition coefficient (Wildman–Crippen LogP) is 5.58. The van der Waals surface area contributed by atoms with Crippen molar-refractivity contribution in [1.82, 2.24) is 9.97 Å². The van der Waals surface area contributed by atoms with Gasteiger partial charge in [0.2, 0.25) is 6.43 Å². The second-order valence-corrected chi connectivity index (χ2v) is 10.2. The van der Waals surface area contributed by atoms with Gasteiger partial charge in [-0.2, -0.15) is 13.2 Å². The molecule has 0 spiro atoms. The quantitative estimate of drug-likeness (QED) is 0.387. The predicted molar refractivity (Wildman–Crippen MR) is 117 cm³/mol. The lowest BCUT2D eigenvalue weighted by atomic mass is 9.82.